The predicted molar refractivity (Wildman–Crippen MR) is 92.0 cm³/mol. The van der Waals surface area contributed by atoms with E-state index < -0.39 is 37.1 Å². The average Bonchev–Trinajstić information content (AvgIpc) is 2.53. The summed E-state index contributed by atoms with van der Waals surface area (Å²) in [6, 6.07) is 1.40. The van der Waals surface area contributed by atoms with Crippen LogP contribution in [-0.2, 0) is 10.0 Å². The van der Waals surface area contributed by atoms with Crippen molar-refractivity contribution in [1.82, 2.24) is 4.31 Å². The van der Waals surface area contributed by atoms with Gasteiger partial charge in [-0.3, -0.25) is 10.1 Å². The molecule has 2 N–H and O–H groups in total. The second-order valence-electron chi connectivity index (χ2n) is 5.84. The van der Waals surface area contributed by atoms with Gasteiger partial charge in [0.2, 0.25) is 15.8 Å². The number of nitro benzene ring substituents is 1. The molecule has 0 spiro atoms. The Morgan fingerprint density at radius 1 is 1.48 bits per heavy atom. The lowest BCUT2D eigenvalue weighted by Crippen LogP contribution is -2.44. The van der Waals surface area contributed by atoms with E-state index in [2.05, 4.69) is 4.74 Å². The zero-order valence-electron chi connectivity index (χ0n) is 13.8. The molecule has 142 valence electrons. The van der Waals surface area contributed by atoms with Gasteiger partial charge in [-0.15, -0.1) is 12.4 Å². The first-order valence-corrected chi connectivity index (χ1v) is 8.90. The van der Waals surface area contributed by atoms with Crippen LogP contribution in [0.4, 0.5) is 10.1 Å². The largest absolute Gasteiger partial charge is 0.488 e. The van der Waals surface area contributed by atoms with Crippen molar-refractivity contribution in [2.75, 3.05) is 20.2 Å². The third-order valence-electron chi connectivity index (χ3n) is 4.20. The van der Waals surface area contributed by atoms with Gasteiger partial charge in [-0.1, -0.05) is 0 Å². The number of sulfonamides is 1. The zero-order chi connectivity index (χ0) is 18.1. The van der Waals surface area contributed by atoms with Crippen LogP contribution in [-0.4, -0.2) is 43.9 Å². The number of benzene rings is 1. The van der Waals surface area contributed by atoms with Gasteiger partial charge in [0.05, 0.1) is 16.9 Å². The van der Waals surface area contributed by atoms with E-state index in [9.17, 15) is 22.9 Å². The molecule has 2 unspecified atom stereocenters. The number of nitrogens with two attached hydrogens (primary N) is 1. The predicted octanol–water partition coefficient (Wildman–Crippen LogP) is 1.91. The molecule has 0 amide bonds. The molecule has 2 rings (SSSR count). The van der Waals surface area contributed by atoms with E-state index in [0.717, 1.165) is 25.7 Å². The number of piperidine rings is 1. The van der Waals surface area contributed by atoms with Crippen LogP contribution < -0.4 is 10.5 Å². The average molecular weight is 398 g/mol. The van der Waals surface area contributed by atoms with Crippen LogP contribution in [0.2, 0.25) is 0 Å². The Hall–Kier alpha value is -1.49. The van der Waals surface area contributed by atoms with Crippen molar-refractivity contribution < 1.29 is 22.5 Å². The molecule has 25 heavy (non-hydrogen) atoms. The summed E-state index contributed by atoms with van der Waals surface area (Å²) in [6.07, 6.45) is 1.44. The molecule has 0 bridgehead atoms. The van der Waals surface area contributed by atoms with Gasteiger partial charge in [0.1, 0.15) is 0 Å². The van der Waals surface area contributed by atoms with Crippen LogP contribution >= 0.6 is 12.4 Å². The standard InChI is InChI=1S/C14H20FN3O5S.ClH/c1-9(16)10-4-3-5-17(8-10)24(21,22)11-6-12(15)14(23-2)13(7-11)18(19)20;/h6-7,9-10H,3-5,8,16H2,1-2H3;1H. The van der Waals surface area contributed by atoms with E-state index in [0.29, 0.717) is 6.42 Å². The Bertz CT molecular complexity index is 744. The van der Waals surface area contributed by atoms with Crippen LogP contribution in [0.25, 0.3) is 0 Å². The first-order valence-electron chi connectivity index (χ1n) is 7.46. The fourth-order valence-corrected chi connectivity index (χ4v) is 4.38. The van der Waals surface area contributed by atoms with Crippen molar-refractivity contribution in [3.05, 3.63) is 28.1 Å². The van der Waals surface area contributed by atoms with Crippen LogP contribution in [0.15, 0.2) is 17.0 Å². The summed E-state index contributed by atoms with van der Waals surface area (Å²) >= 11 is 0. The molecule has 1 heterocycles. The molecule has 1 fully saturated rings. The Labute approximate surface area is 151 Å². The van der Waals surface area contributed by atoms with Gasteiger partial charge < -0.3 is 10.5 Å². The summed E-state index contributed by atoms with van der Waals surface area (Å²) in [4.78, 5) is 9.73. The van der Waals surface area contributed by atoms with E-state index in [1.165, 1.54) is 4.31 Å². The lowest BCUT2D eigenvalue weighted by atomic mass is 9.93. The first kappa shape index (κ1) is 21.6. The highest BCUT2D eigenvalue weighted by Crippen LogP contribution is 2.34. The zero-order valence-corrected chi connectivity index (χ0v) is 15.5. The van der Waals surface area contributed by atoms with Gasteiger partial charge in [-0.25, -0.2) is 12.8 Å². The van der Waals surface area contributed by atoms with E-state index in [-0.39, 0.29) is 37.5 Å². The summed E-state index contributed by atoms with van der Waals surface area (Å²) in [5.41, 5.74) is 5.12. The lowest BCUT2D eigenvalue weighted by molar-refractivity contribution is -0.386. The molecule has 11 heteroatoms. The normalized spacial score (nSPS) is 19.8. The number of rotatable bonds is 5. The Morgan fingerprint density at radius 2 is 2.12 bits per heavy atom. The van der Waals surface area contributed by atoms with Crippen LogP contribution in [0.3, 0.4) is 0 Å². The van der Waals surface area contributed by atoms with Crippen molar-refractivity contribution >= 4 is 28.1 Å². The quantitative estimate of drug-likeness (QED) is 0.599. The minimum atomic E-state index is -4.05. The topological polar surface area (TPSA) is 116 Å². The number of hydrogen-bond donors (Lipinski definition) is 1. The summed E-state index contributed by atoms with van der Waals surface area (Å²) in [5.74, 6) is -1.69. The molecule has 0 radical (unpaired) electrons. The smallest absolute Gasteiger partial charge is 0.315 e. The molecule has 1 aliphatic heterocycles. The van der Waals surface area contributed by atoms with Gasteiger partial charge >= 0.3 is 5.69 Å². The monoisotopic (exact) mass is 397 g/mol. The van der Waals surface area contributed by atoms with Gasteiger partial charge in [0.15, 0.2) is 5.82 Å². The van der Waals surface area contributed by atoms with Crippen LogP contribution in [0, 0.1) is 21.8 Å². The van der Waals surface area contributed by atoms with E-state index in [1.807, 2.05) is 0 Å². The second kappa shape index (κ2) is 8.26. The van der Waals surface area contributed by atoms with Crippen molar-refractivity contribution in [3.8, 4) is 5.75 Å². The molecule has 1 aromatic rings. The van der Waals surface area contributed by atoms with Crippen molar-refractivity contribution in [2.45, 2.75) is 30.7 Å². The molecule has 1 saturated heterocycles. The first-order chi connectivity index (χ1) is 11.2. The Morgan fingerprint density at radius 3 is 2.64 bits per heavy atom. The van der Waals surface area contributed by atoms with Crippen molar-refractivity contribution in [3.63, 3.8) is 0 Å². The van der Waals surface area contributed by atoms with Gasteiger partial charge in [0, 0.05) is 25.2 Å². The number of hydrogen-bond acceptors (Lipinski definition) is 6. The maximum absolute atomic E-state index is 14.0. The molecule has 1 aromatic carbocycles. The minimum absolute atomic E-state index is 0. The van der Waals surface area contributed by atoms with Gasteiger partial charge in [0.25, 0.3) is 0 Å². The SMILES string of the molecule is COc1c(F)cc(S(=O)(=O)N2CCCC(C(C)N)C2)cc1[N+](=O)[O-].Cl. The van der Waals surface area contributed by atoms with Crippen LogP contribution in [0.1, 0.15) is 19.8 Å². The van der Waals surface area contributed by atoms with E-state index in [4.69, 9.17) is 5.73 Å². The highest BCUT2D eigenvalue weighted by molar-refractivity contribution is 7.89. The molecule has 0 aromatic heterocycles. The fourth-order valence-electron chi connectivity index (χ4n) is 2.81. The third kappa shape index (κ3) is 4.38. The fraction of sp³-hybridized carbons (Fsp3) is 0.571. The molecule has 0 aliphatic carbocycles. The van der Waals surface area contributed by atoms with E-state index in [1.54, 1.807) is 6.92 Å². The minimum Gasteiger partial charge on any atom is -0.488 e. The van der Waals surface area contributed by atoms with Crippen molar-refractivity contribution in [2.24, 2.45) is 11.7 Å². The van der Waals surface area contributed by atoms with E-state index >= 15 is 0 Å². The molecular formula is C14H21ClFN3O5S. The molecule has 0 saturated carbocycles. The summed E-state index contributed by atoms with van der Waals surface area (Å²) in [5, 5.41) is 11.1. The van der Waals surface area contributed by atoms with Gasteiger partial charge in [-0.05, 0) is 31.7 Å². The Balaban J connectivity index is 0.00000312. The number of nitro groups is 1. The molecule has 8 nitrogen and oxygen atoms in total. The number of methoxy groups -OCH3 is 1. The third-order valence-corrected chi connectivity index (χ3v) is 6.04. The Kier molecular flexibility index (Phi) is 7.12. The summed E-state index contributed by atoms with van der Waals surface area (Å²) < 4.78 is 45.4. The van der Waals surface area contributed by atoms with Crippen molar-refractivity contribution in [1.29, 1.82) is 0 Å². The number of nitrogens with zero attached hydrogens (tertiary/aromatic N) is 2. The molecular weight excluding hydrogens is 377 g/mol. The summed E-state index contributed by atoms with van der Waals surface area (Å²) in [7, 11) is -2.97. The highest BCUT2D eigenvalue weighted by Gasteiger charge is 2.34. The number of ether oxygens (including phenoxy) is 1. The molecule has 2 atom stereocenters. The maximum Gasteiger partial charge on any atom is 0.315 e. The maximum atomic E-state index is 14.0. The lowest BCUT2D eigenvalue weighted by Gasteiger charge is -2.33. The van der Waals surface area contributed by atoms with Crippen LogP contribution in [0.5, 0.6) is 5.75 Å². The van der Waals surface area contributed by atoms with Gasteiger partial charge in [-0.2, -0.15) is 4.31 Å². The number of halogens is 2. The highest BCUT2D eigenvalue weighted by atomic mass is 35.5. The molecule has 1 aliphatic rings. The summed E-state index contributed by atoms with van der Waals surface area (Å²) in [6.45, 7) is 2.28. The second-order valence-corrected chi connectivity index (χ2v) is 7.78.